The van der Waals surface area contributed by atoms with E-state index in [1.807, 2.05) is 36.5 Å². The second-order valence-electron chi connectivity index (χ2n) is 7.92. The van der Waals surface area contributed by atoms with Gasteiger partial charge in [-0.15, -0.1) is 0 Å². The number of morpholine rings is 1. The van der Waals surface area contributed by atoms with Crippen LogP contribution < -0.4 is 10.2 Å². The van der Waals surface area contributed by atoms with Crippen LogP contribution in [-0.4, -0.2) is 50.3 Å². The van der Waals surface area contributed by atoms with Crippen molar-refractivity contribution in [1.82, 2.24) is 10.3 Å². The number of amides is 1. The normalized spacial score (nSPS) is 15.9. The van der Waals surface area contributed by atoms with Crippen molar-refractivity contribution in [1.29, 1.82) is 0 Å². The van der Waals surface area contributed by atoms with Crippen LogP contribution in [0.15, 0.2) is 54.7 Å². The van der Waals surface area contributed by atoms with Gasteiger partial charge in [0.1, 0.15) is 18.9 Å². The zero-order chi connectivity index (χ0) is 20.8. The third-order valence-electron chi connectivity index (χ3n) is 5.87. The van der Waals surface area contributed by atoms with Crippen LogP contribution in [0.4, 0.5) is 4.39 Å². The molecule has 0 saturated carbocycles. The van der Waals surface area contributed by atoms with Gasteiger partial charge in [-0.2, -0.15) is 0 Å². The first-order valence-electron chi connectivity index (χ1n) is 10.7. The first-order chi connectivity index (χ1) is 14.7. The Morgan fingerprint density at radius 3 is 2.83 bits per heavy atom. The number of halogens is 1. The third-order valence-corrected chi connectivity index (χ3v) is 5.87. The van der Waals surface area contributed by atoms with E-state index in [0.29, 0.717) is 6.54 Å². The minimum absolute atomic E-state index is 0.00785. The average Bonchev–Trinajstić information content (AvgIpc) is 3.20. The van der Waals surface area contributed by atoms with E-state index < -0.39 is 0 Å². The fourth-order valence-corrected chi connectivity index (χ4v) is 4.25. The highest BCUT2D eigenvalue weighted by Gasteiger charge is 2.22. The van der Waals surface area contributed by atoms with Crippen molar-refractivity contribution in [3.05, 3.63) is 71.7 Å². The van der Waals surface area contributed by atoms with E-state index in [2.05, 4.69) is 10.3 Å². The highest BCUT2D eigenvalue weighted by atomic mass is 19.1. The van der Waals surface area contributed by atoms with E-state index in [1.54, 1.807) is 6.07 Å². The summed E-state index contributed by atoms with van der Waals surface area (Å²) in [4.78, 5) is 17.6. The number of H-pyrrole nitrogens is 1. The molecule has 4 rings (SSSR count). The van der Waals surface area contributed by atoms with Gasteiger partial charge >= 0.3 is 0 Å². The number of hydrogen-bond donors (Lipinski definition) is 3. The molecule has 1 aliphatic rings. The number of hydrogen-bond acceptors (Lipinski definition) is 2. The van der Waals surface area contributed by atoms with Crippen molar-refractivity contribution >= 4 is 16.8 Å². The molecule has 3 N–H and O–H groups in total. The molecule has 1 amide bonds. The number of para-hydroxylation sites is 1. The Labute approximate surface area is 176 Å². The maximum Gasteiger partial charge on any atom is 0.220 e. The molecule has 2 aromatic carbocycles. The molecular weight excluding hydrogens is 381 g/mol. The highest BCUT2D eigenvalue weighted by Crippen LogP contribution is 2.33. The first kappa shape index (κ1) is 20.6. The van der Waals surface area contributed by atoms with Crippen molar-refractivity contribution < 1.29 is 18.8 Å². The lowest BCUT2D eigenvalue weighted by Crippen LogP contribution is -3.14. The van der Waals surface area contributed by atoms with Crippen LogP contribution in [-0.2, 0) is 9.53 Å². The standard InChI is InChI=1S/C24H28FN3O2/c25-19-6-3-5-18(15-19)21(22-17-27-23-8-2-1-7-20(22)23)16-24(29)26-9-4-10-28-11-13-30-14-12-28/h1-3,5-8,15,17,21,27H,4,9-14,16H2,(H,26,29)/p+1/t21-/m0/s1. The first-order valence-corrected chi connectivity index (χ1v) is 10.7. The number of nitrogens with one attached hydrogen (secondary N) is 3. The van der Waals surface area contributed by atoms with Gasteiger partial charge in [0.05, 0.1) is 19.8 Å². The van der Waals surface area contributed by atoms with Crippen molar-refractivity contribution in [2.75, 3.05) is 39.4 Å². The Balaban J connectivity index is 1.43. The summed E-state index contributed by atoms with van der Waals surface area (Å²) >= 11 is 0. The van der Waals surface area contributed by atoms with Gasteiger partial charge in [-0.3, -0.25) is 4.79 Å². The Hall–Kier alpha value is -2.70. The van der Waals surface area contributed by atoms with Gasteiger partial charge in [0, 0.05) is 42.4 Å². The molecule has 1 fully saturated rings. The Bertz CT molecular complexity index is 981. The fraction of sp³-hybridized carbons (Fsp3) is 0.375. The molecule has 1 aromatic heterocycles. The van der Waals surface area contributed by atoms with E-state index in [0.717, 1.165) is 61.3 Å². The number of rotatable bonds is 8. The number of aromatic nitrogens is 1. The molecule has 0 aliphatic carbocycles. The van der Waals surface area contributed by atoms with Gasteiger partial charge in [-0.25, -0.2) is 4.39 Å². The second-order valence-corrected chi connectivity index (χ2v) is 7.92. The molecule has 30 heavy (non-hydrogen) atoms. The summed E-state index contributed by atoms with van der Waals surface area (Å²) in [5, 5.41) is 4.12. The minimum Gasteiger partial charge on any atom is -0.370 e. The SMILES string of the molecule is O=C(C[C@@H](c1cccc(F)c1)c1c[nH]c2ccccc12)NCCC[NH+]1CCOCC1. The van der Waals surface area contributed by atoms with Crippen LogP contribution in [0.5, 0.6) is 0 Å². The third kappa shape index (κ3) is 5.07. The zero-order valence-electron chi connectivity index (χ0n) is 17.1. The van der Waals surface area contributed by atoms with Crippen LogP contribution in [0.25, 0.3) is 10.9 Å². The lowest BCUT2D eigenvalue weighted by atomic mass is 9.88. The molecular formula is C24H29FN3O2+. The highest BCUT2D eigenvalue weighted by molar-refractivity contribution is 5.86. The summed E-state index contributed by atoms with van der Waals surface area (Å²) in [6, 6.07) is 14.6. The monoisotopic (exact) mass is 410 g/mol. The lowest BCUT2D eigenvalue weighted by molar-refractivity contribution is -0.908. The summed E-state index contributed by atoms with van der Waals surface area (Å²) < 4.78 is 19.3. The van der Waals surface area contributed by atoms with Crippen molar-refractivity contribution in [2.45, 2.75) is 18.8 Å². The predicted octanol–water partition coefficient (Wildman–Crippen LogP) is 2.25. The quantitative estimate of drug-likeness (QED) is 0.499. The Morgan fingerprint density at radius 2 is 2.00 bits per heavy atom. The molecule has 6 heteroatoms. The van der Waals surface area contributed by atoms with Gasteiger partial charge in [-0.1, -0.05) is 30.3 Å². The number of quaternary nitrogens is 1. The zero-order valence-corrected chi connectivity index (χ0v) is 17.1. The minimum atomic E-state index is -0.286. The molecule has 0 unspecified atom stereocenters. The molecule has 1 aliphatic heterocycles. The topological polar surface area (TPSA) is 58.6 Å². The molecule has 158 valence electrons. The summed E-state index contributed by atoms with van der Waals surface area (Å²) in [5.41, 5.74) is 2.85. The summed E-state index contributed by atoms with van der Waals surface area (Å²) in [5.74, 6) is -0.500. The van der Waals surface area contributed by atoms with Crippen molar-refractivity contribution in [3.8, 4) is 0 Å². The fourth-order valence-electron chi connectivity index (χ4n) is 4.25. The average molecular weight is 411 g/mol. The van der Waals surface area contributed by atoms with Crippen LogP contribution in [0, 0.1) is 5.82 Å². The van der Waals surface area contributed by atoms with E-state index >= 15 is 0 Å². The molecule has 0 radical (unpaired) electrons. The molecule has 0 bridgehead atoms. The molecule has 1 atom stereocenters. The summed E-state index contributed by atoms with van der Waals surface area (Å²) in [6.45, 7) is 5.42. The van der Waals surface area contributed by atoms with Gasteiger partial charge in [-0.05, 0) is 29.3 Å². The van der Waals surface area contributed by atoms with Crippen LogP contribution in [0.3, 0.4) is 0 Å². The number of benzene rings is 2. The number of ether oxygens (including phenoxy) is 1. The Morgan fingerprint density at radius 1 is 1.17 bits per heavy atom. The Kier molecular flexibility index (Phi) is 6.77. The smallest absolute Gasteiger partial charge is 0.220 e. The molecule has 0 spiro atoms. The van der Waals surface area contributed by atoms with E-state index in [-0.39, 0.29) is 24.1 Å². The van der Waals surface area contributed by atoms with Crippen LogP contribution in [0.1, 0.15) is 29.9 Å². The van der Waals surface area contributed by atoms with Crippen LogP contribution in [0.2, 0.25) is 0 Å². The maximum atomic E-state index is 13.9. The van der Waals surface area contributed by atoms with E-state index in [9.17, 15) is 9.18 Å². The van der Waals surface area contributed by atoms with Crippen LogP contribution >= 0.6 is 0 Å². The maximum absolute atomic E-state index is 13.9. The van der Waals surface area contributed by atoms with Gasteiger partial charge in [0.15, 0.2) is 0 Å². The summed E-state index contributed by atoms with van der Waals surface area (Å²) in [7, 11) is 0. The number of fused-ring (bicyclic) bond motifs is 1. The lowest BCUT2D eigenvalue weighted by Gasteiger charge is -2.23. The van der Waals surface area contributed by atoms with Crippen molar-refractivity contribution in [3.63, 3.8) is 0 Å². The second kappa shape index (κ2) is 9.87. The van der Waals surface area contributed by atoms with E-state index in [4.69, 9.17) is 4.74 Å². The predicted molar refractivity (Wildman–Crippen MR) is 115 cm³/mol. The van der Waals surface area contributed by atoms with E-state index in [1.165, 1.54) is 17.0 Å². The molecule has 2 heterocycles. The number of carbonyl (C=O) groups is 1. The van der Waals surface area contributed by atoms with Gasteiger partial charge in [0.2, 0.25) is 5.91 Å². The molecule has 1 saturated heterocycles. The molecule has 5 nitrogen and oxygen atoms in total. The number of carbonyl (C=O) groups excluding carboxylic acids is 1. The molecule has 3 aromatic rings. The van der Waals surface area contributed by atoms with Crippen molar-refractivity contribution in [2.24, 2.45) is 0 Å². The summed E-state index contributed by atoms with van der Waals surface area (Å²) in [6.07, 6.45) is 3.17. The van der Waals surface area contributed by atoms with Gasteiger partial charge < -0.3 is 19.9 Å². The van der Waals surface area contributed by atoms with Gasteiger partial charge in [0.25, 0.3) is 0 Å². The largest absolute Gasteiger partial charge is 0.370 e. The number of aromatic amines is 1.